The number of hydrogen-bond acceptors (Lipinski definition) is 8. The van der Waals surface area contributed by atoms with Crippen molar-refractivity contribution in [3.8, 4) is 0 Å². The highest BCUT2D eigenvalue weighted by atomic mass is 32.1. The molecule has 3 aromatic heterocycles. The van der Waals surface area contributed by atoms with E-state index in [0.29, 0.717) is 35.5 Å². The van der Waals surface area contributed by atoms with Crippen LogP contribution in [0, 0.1) is 0 Å². The second-order valence-corrected chi connectivity index (χ2v) is 11.3. The minimum absolute atomic E-state index is 0.402. The molecular formula is C25H43N5OS2. The smallest absolute Gasteiger partial charge is 0.111 e. The summed E-state index contributed by atoms with van der Waals surface area (Å²) in [5.74, 6) is 3.00. The van der Waals surface area contributed by atoms with Gasteiger partial charge in [-0.25, -0.2) is 4.63 Å². The third kappa shape index (κ3) is 8.89. The zero-order valence-electron chi connectivity index (χ0n) is 22.5. The van der Waals surface area contributed by atoms with Gasteiger partial charge in [0.15, 0.2) is 0 Å². The van der Waals surface area contributed by atoms with Gasteiger partial charge in [0, 0.05) is 17.2 Å². The molecule has 0 aliphatic rings. The predicted molar refractivity (Wildman–Crippen MR) is 141 cm³/mol. The van der Waals surface area contributed by atoms with Gasteiger partial charge >= 0.3 is 0 Å². The molecule has 0 N–H and O–H groups in total. The number of hydrogen-bond donors (Lipinski definition) is 0. The van der Waals surface area contributed by atoms with Gasteiger partial charge < -0.3 is 0 Å². The number of nitrogens with zero attached hydrogens (tertiary/aromatic N) is 5. The van der Waals surface area contributed by atoms with E-state index in [1.807, 2.05) is 0 Å². The SMILES string of the molecule is CC(C)c1csnc1C(C)C.CC(C)c1nonc1C(C)C.CC(C)c1nsnc1C(C)C. The van der Waals surface area contributed by atoms with Crippen molar-refractivity contribution in [2.24, 2.45) is 0 Å². The van der Waals surface area contributed by atoms with Crippen molar-refractivity contribution >= 4 is 23.3 Å². The summed E-state index contributed by atoms with van der Waals surface area (Å²) >= 11 is 2.90. The van der Waals surface area contributed by atoms with Gasteiger partial charge in [-0.05, 0) is 40.8 Å². The van der Waals surface area contributed by atoms with Crippen molar-refractivity contribution < 1.29 is 4.63 Å². The second kappa shape index (κ2) is 13.9. The average Bonchev–Trinajstić information content (AvgIpc) is 3.48. The molecule has 0 spiro atoms. The fourth-order valence-electron chi connectivity index (χ4n) is 3.13. The van der Waals surface area contributed by atoms with Gasteiger partial charge in [-0.3, -0.25) is 0 Å². The van der Waals surface area contributed by atoms with Crippen LogP contribution in [0.15, 0.2) is 10.0 Å². The van der Waals surface area contributed by atoms with E-state index >= 15 is 0 Å². The molecule has 0 aromatic carbocycles. The molecule has 0 unspecified atom stereocenters. The first-order valence-electron chi connectivity index (χ1n) is 12.0. The molecule has 0 atom stereocenters. The normalized spacial score (nSPS) is 11.5. The predicted octanol–water partition coefficient (Wildman–Crippen LogP) is 8.49. The van der Waals surface area contributed by atoms with Crippen LogP contribution < -0.4 is 0 Å². The van der Waals surface area contributed by atoms with Gasteiger partial charge in [0.25, 0.3) is 0 Å². The van der Waals surface area contributed by atoms with Crippen LogP contribution in [0.1, 0.15) is 153 Å². The van der Waals surface area contributed by atoms with Crippen LogP contribution in [0.2, 0.25) is 0 Å². The van der Waals surface area contributed by atoms with E-state index in [2.05, 4.69) is 117 Å². The third-order valence-electron chi connectivity index (χ3n) is 5.06. The summed E-state index contributed by atoms with van der Waals surface area (Å²) < 4.78 is 17.6. The van der Waals surface area contributed by atoms with Crippen molar-refractivity contribution in [2.45, 2.75) is 119 Å². The lowest BCUT2D eigenvalue weighted by Crippen LogP contribution is -1.96. The maximum Gasteiger partial charge on any atom is 0.111 e. The lowest BCUT2D eigenvalue weighted by atomic mass is 9.98. The van der Waals surface area contributed by atoms with Crippen LogP contribution in [-0.2, 0) is 0 Å². The molecule has 6 nitrogen and oxygen atoms in total. The van der Waals surface area contributed by atoms with Gasteiger partial charge in [-0.15, -0.1) is 0 Å². The Labute approximate surface area is 209 Å². The first-order chi connectivity index (χ1) is 15.4. The zero-order chi connectivity index (χ0) is 25.3. The summed E-state index contributed by atoms with van der Waals surface area (Å²) in [4.78, 5) is 0. The molecule has 3 heterocycles. The summed E-state index contributed by atoms with van der Waals surface area (Å²) in [6, 6.07) is 0. The number of rotatable bonds is 6. The topological polar surface area (TPSA) is 77.6 Å². The zero-order valence-corrected chi connectivity index (χ0v) is 24.1. The fraction of sp³-hybridized carbons (Fsp3) is 0.720. The molecule has 0 bridgehead atoms. The molecular weight excluding hydrogens is 450 g/mol. The molecule has 8 heteroatoms. The molecule has 0 radical (unpaired) electrons. The fourth-order valence-corrected chi connectivity index (χ4v) is 4.95. The molecule has 3 rings (SSSR count). The molecule has 0 fully saturated rings. The highest BCUT2D eigenvalue weighted by molar-refractivity contribution is 7.03. The Bertz CT molecular complexity index is 736. The van der Waals surface area contributed by atoms with Crippen LogP contribution in [0.4, 0.5) is 0 Å². The molecule has 0 aliphatic heterocycles. The van der Waals surface area contributed by atoms with Gasteiger partial charge in [-0.1, -0.05) is 93.4 Å². The van der Waals surface area contributed by atoms with Crippen molar-refractivity contribution in [3.05, 3.63) is 39.4 Å². The van der Waals surface area contributed by atoms with E-state index in [9.17, 15) is 0 Å². The minimum atomic E-state index is 0.402. The van der Waals surface area contributed by atoms with Crippen molar-refractivity contribution in [2.75, 3.05) is 0 Å². The Morgan fingerprint density at radius 3 is 1.21 bits per heavy atom. The summed E-state index contributed by atoms with van der Waals surface area (Å²) in [7, 11) is 0. The lowest BCUT2D eigenvalue weighted by molar-refractivity contribution is 0.298. The van der Waals surface area contributed by atoms with E-state index in [1.165, 1.54) is 34.4 Å². The second-order valence-electron chi connectivity index (χ2n) is 10.2. The van der Waals surface area contributed by atoms with Crippen LogP contribution in [0.5, 0.6) is 0 Å². The molecule has 0 amide bonds. The van der Waals surface area contributed by atoms with E-state index in [4.69, 9.17) is 0 Å². The average molecular weight is 494 g/mol. The molecule has 186 valence electrons. The maximum atomic E-state index is 4.67. The Morgan fingerprint density at radius 2 is 0.909 bits per heavy atom. The van der Waals surface area contributed by atoms with E-state index in [-0.39, 0.29) is 0 Å². The van der Waals surface area contributed by atoms with E-state index < -0.39 is 0 Å². The van der Waals surface area contributed by atoms with Gasteiger partial charge in [0.1, 0.15) is 11.4 Å². The molecule has 0 saturated carbocycles. The molecule has 33 heavy (non-hydrogen) atoms. The van der Waals surface area contributed by atoms with Crippen molar-refractivity contribution in [1.29, 1.82) is 0 Å². The largest absolute Gasteiger partial charge is 0.244 e. The van der Waals surface area contributed by atoms with E-state index in [0.717, 1.165) is 11.4 Å². The summed E-state index contributed by atoms with van der Waals surface area (Å²) in [6.45, 7) is 25.8. The van der Waals surface area contributed by atoms with Crippen molar-refractivity contribution in [3.63, 3.8) is 0 Å². The lowest BCUT2D eigenvalue weighted by Gasteiger charge is -2.07. The van der Waals surface area contributed by atoms with Crippen LogP contribution >= 0.6 is 23.3 Å². The monoisotopic (exact) mass is 493 g/mol. The minimum Gasteiger partial charge on any atom is -0.244 e. The van der Waals surface area contributed by atoms with Crippen LogP contribution in [0.25, 0.3) is 0 Å². The van der Waals surface area contributed by atoms with Crippen LogP contribution in [-0.4, -0.2) is 23.4 Å². The highest BCUT2D eigenvalue weighted by Gasteiger charge is 2.16. The Kier molecular flexibility index (Phi) is 12.4. The van der Waals surface area contributed by atoms with Gasteiger partial charge in [-0.2, -0.15) is 13.1 Å². The van der Waals surface area contributed by atoms with Crippen molar-refractivity contribution in [1.82, 2.24) is 23.4 Å². The highest BCUT2D eigenvalue weighted by Crippen LogP contribution is 2.26. The summed E-state index contributed by atoms with van der Waals surface area (Å²) in [5.41, 5.74) is 7.02. The van der Waals surface area contributed by atoms with Crippen LogP contribution in [0.3, 0.4) is 0 Å². The number of aromatic nitrogens is 5. The Balaban J connectivity index is 0.000000247. The third-order valence-corrected chi connectivity index (χ3v) is 6.28. The Hall–Kier alpha value is -1.67. The van der Waals surface area contributed by atoms with Gasteiger partial charge in [0.05, 0.1) is 28.8 Å². The quantitative estimate of drug-likeness (QED) is 0.342. The first kappa shape index (κ1) is 29.4. The molecule has 3 aromatic rings. The van der Waals surface area contributed by atoms with E-state index in [1.54, 1.807) is 11.5 Å². The summed E-state index contributed by atoms with van der Waals surface area (Å²) in [5, 5.41) is 9.87. The molecule has 0 aliphatic carbocycles. The van der Waals surface area contributed by atoms with Gasteiger partial charge in [0.2, 0.25) is 0 Å². The molecule has 0 saturated heterocycles. The summed E-state index contributed by atoms with van der Waals surface area (Å²) in [6.07, 6.45) is 0. The Morgan fingerprint density at radius 1 is 0.515 bits per heavy atom. The maximum absolute atomic E-state index is 4.67. The first-order valence-corrected chi connectivity index (χ1v) is 13.5. The standard InChI is InChI=1S/C9H15NS.C8H14N2O.C8H14N2S/c1-6(2)8-5-11-10-9(8)7(3)4;2*1-5(2)7-8(6(3)4)10-11-9-7/h5-7H,1-4H3;2*5-6H,1-4H3.